The number of aromatic nitrogens is 2. The summed E-state index contributed by atoms with van der Waals surface area (Å²) in [5.41, 5.74) is 2.47. The van der Waals surface area contributed by atoms with Crippen molar-refractivity contribution in [2.24, 2.45) is 7.05 Å². The molecule has 0 unspecified atom stereocenters. The number of hydrogen-bond donors (Lipinski definition) is 0. The van der Waals surface area contributed by atoms with Gasteiger partial charge in [-0.2, -0.15) is 0 Å². The first kappa shape index (κ1) is 15.8. The van der Waals surface area contributed by atoms with Crippen LogP contribution in [0.4, 0.5) is 0 Å². The highest BCUT2D eigenvalue weighted by molar-refractivity contribution is 5.97. The van der Waals surface area contributed by atoms with Gasteiger partial charge in [-0.15, -0.1) is 0 Å². The molecule has 5 heteroatoms. The van der Waals surface area contributed by atoms with Gasteiger partial charge in [-0.25, -0.2) is 0 Å². The van der Waals surface area contributed by atoms with Gasteiger partial charge in [-0.1, -0.05) is 12.7 Å². The summed E-state index contributed by atoms with van der Waals surface area (Å²) >= 11 is 0. The van der Waals surface area contributed by atoms with Crippen molar-refractivity contribution in [3.8, 4) is 22.6 Å². The molecule has 0 fully saturated rings. The van der Waals surface area contributed by atoms with Gasteiger partial charge in [0.1, 0.15) is 11.5 Å². The standard InChI is InChI=1S/C19H18N2O3/c1-5-12-8-18(24-4)14(9-17(12)23-3)16-11-21(2)19(22)15-10-20-7-6-13(15)16/h5-11H,1H2,2-4H3. The molecule has 0 bridgehead atoms. The van der Waals surface area contributed by atoms with Crippen LogP contribution in [0, 0.1) is 0 Å². The third-order valence-electron chi connectivity index (χ3n) is 4.05. The Kier molecular flexibility index (Phi) is 4.08. The Morgan fingerprint density at radius 3 is 2.54 bits per heavy atom. The molecule has 0 spiro atoms. The van der Waals surface area contributed by atoms with Gasteiger partial charge in [0.05, 0.1) is 19.6 Å². The molecule has 0 aliphatic rings. The van der Waals surface area contributed by atoms with Crippen LogP contribution in [0.1, 0.15) is 5.56 Å². The Morgan fingerprint density at radius 1 is 1.12 bits per heavy atom. The van der Waals surface area contributed by atoms with E-state index >= 15 is 0 Å². The lowest BCUT2D eigenvalue weighted by molar-refractivity contribution is 0.403. The van der Waals surface area contributed by atoms with Crippen molar-refractivity contribution in [3.05, 3.63) is 59.3 Å². The molecule has 1 aromatic carbocycles. The number of rotatable bonds is 4. The zero-order valence-corrected chi connectivity index (χ0v) is 13.9. The molecular weight excluding hydrogens is 304 g/mol. The second kappa shape index (κ2) is 6.20. The molecule has 0 aliphatic heterocycles. The molecule has 0 amide bonds. The average Bonchev–Trinajstić information content (AvgIpc) is 2.63. The molecule has 122 valence electrons. The second-order valence-corrected chi connectivity index (χ2v) is 5.38. The molecular formula is C19H18N2O3. The van der Waals surface area contributed by atoms with Crippen molar-refractivity contribution in [2.75, 3.05) is 14.2 Å². The predicted molar refractivity (Wildman–Crippen MR) is 95.6 cm³/mol. The zero-order chi connectivity index (χ0) is 17.3. The van der Waals surface area contributed by atoms with E-state index in [1.54, 1.807) is 50.5 Å². The SMILES string of the molecule is C=Cc1cc(OC)c(-c2cn(C)c(=O)c3cnccc23)cc1OC. The number of benzene rings is 1. The van der Waals surface area contributed by atoms with E-state index in [2.05, 4.69) is 11.6 Å². The van der Waals surface area contributed by atoms with E-state index in [1.165, 1.54) is 0 Å². The van der Waals surface area contributed by atoms with Crippen LogP contribution in [0.15, 0.2) is 48.2 Å². The predicted octanol–water partition coefficient (Wildman–Crippen LogP) is 3.26. The third kappa shape index (κ3) is 2.44. The molecule has 0 saturated heterocycles. The van der Waals surface area contributed by atoms with Crippen molar-refractivity contribution >= 4 is 16.8 Å². The quantitative estimate of drug-likeness (QED) is 0.740. The molecule has 2 aromatic heterocycles. The summed E-state index contributed by atoms with van der Waals surface area (Å²) in [7, 11) is 4.95. The Hall–Kier alpha value is -3.08. The molecule has 0 aliphatic carbocycles. The highest BCUT2D eigenvalue weighted by Gasteiger charge is 2.16. The fourth-order valence-corrected chi connectivity index (χ4v) is 2.82. The Labute approximate surface area is 139 Å². The zero-order valence-electron chi connectivity index (χ0n) is 13.9. The largest absolute Gasteiger partial charge is 0.496 e. The molecule has 0 radical (unpaired) electrons. The molecule has 2 heterocycles. The highest BCUT2D eigenvalue weighted by Crippen LogP contribution is 2.38. The maximum absolute atomic E-state index is 12.3. The molecule has 0 N–H and O–H groups in total. The van der Waals surface area contributed by atoms with Crippen LogP contribution in [0.5, 0.6) is 11.5 Å². The van der Waals surface area contributed by atoms with Crippen LogP contribution < -0.4 is 15.0 Å². The van der Waals surface area contributed by atoms with Crippen molar-refractivity contribution in [3.63, 3.8) is 0 Å². The van der Waals surface area contributed by atoms with Gasteiger partial charge < -0.3 is 14.0 Å². The normalized spacial score (nSPS) is 10.6. The van der Waals surface area contributed by atoms with Gasteiger partial charge in [0.15, 0.2) is 0 Å². The molecule has 0 atom stereocenters. The number of aryl methyl sites for hydroxylation is 1. The van der Waals surface area contributed by atoms with Gasteiger partial charge in [0.25, 0.3) is 5.56 Å². The van der Waals surface area contributed by atoms with E-state index in [0.29, 0.717) is 16.9 Å². The first-order chi connectivity index (χ1) is 11.6. The minimum absolute atomic E-state index is 0.0875. The van der Waals surface area contributed by atoms with Crippen LogP contribution in [-0.2, 0) is 7.05 Å². The third-order valence-corrected chi connectivity index (χ3v) is 4.05. The van der Waals surface area contributed by atoms with E-state index in [4.69, 9.17) is 9.47 Å². The van der Waals surface area contributed by atoms with Crippen LogP contribution in [0.25, 0.3) is 28.0 Å². The van der Waals surface area contributed by atoms with Crippen molar-refractivity contribution in [1.82, 2.24) is 9.55 Å². The van der Waals surface area contributed by atoms with Gasteiger partial charge >= 0.3 is 0 Å². The summed E-state index contributed by atoms with van der Waals surface area (Å²) in [5.74, 6) is 1.37. The highest BCUT2D eigenvalue weighted by atomic mass is 16.5. The number of hydrogen-bond acceptors (Lipinski definition) is 4. The summed E-state index contributed by atoms with van der Waals surface area (Å²) in [6.45, 7) is 3.80. The van der Waals surface area contributed by atoms with E-state index < -0.39 is 0 Å². The number of fused-ring (bicyclic) bond motifs is 1. The van der Waals surface area contributed by atoms with Gasteiger partial charge in [0, 0.05) is 42.3 Å². The Balaban J connectivity index is 2.42. The monoisotopic (exact) mass is 322 g/mol. The van der Waals surface area contributed by atoms with Crippen molar-refractivity contribution < 1.29 is 9.47 Å². The maximum Gasteiger partial charge on any atom is 0.259 e. The smallest absolute Gasteiger partial charge is 0.259 e. The molecule has 0 saturated carbocycles. The molecule has 3 aromatic rings. The molecule has 3 rings (SSSR count). The van der Waals surface area contributed by atoms with E-state index in [0.717, 1.165) is 22.1 Å². The molecule has 5 nitrogen and oxygen atoms in total. The fourth-order valence-electron chi connectivity index (χ4n) is 2.82. The first-order valence-corrected chi connectivity index (χ1v) is 7.43. The second-order valence-electron chi connectivity index (χ2n) is 5.38. The van der Waals surface area contributed by atoms with Crippen molar-refractivity contribution in [1.29, 1.82) is 0 Å². The van der Waals surface area contributed by atoms with E-state index in [1.807, 2.05) is 18.2 Å². The lowest BCUT2D eigenvalue weighted by Crippen LogP contribution is -2.16. The van der Waals surface area contributed by atoms with Crippen LogP contribution in [-0.4, -0.2) is 23.8 Å². The summed E-state index contributed by atoms with van der Waals surface area (Å²) in [6, 6.07) is 5.61. The minimum Gasteiger partial charge on any atom is -0.496 e. The van der Waals surface area contributed by atoms with E-state index in [-0.39, 0.29) is 5.56 Å². The number of pyridine rings is 2. The Morgan fingerprint density at radius 2 is 1.88 bits per heavy atom. The average molecular weight is 322 g/mol. The summed E-state index contributed by atoms with van der Waals surface area (Å²) < 4.78 is 12.6. The fraction of sp³-hybridized carbons (Fsp3) is 0.158. The number of ether oxygens (including phenoxy) is 2. The summed E-state index contributed by atoms with van der Waals surface area (Å²) in [4.78, 5) is 16.4. The number of methoxy groups -OCH3 is 2. The lowest BCUT2D eigenvalue weighted by Gasteiger charge is -2.15. The Bertz CT molecular complexity index is 990. The van der Waals surface area contributed by atoms with Crippen molar-refractivity contribution in [2.45, 2.75) is 0 Å². The topological polar surface area (TPSA) is 53.4 Å². The molecule has 24 heavy (non-hydrogen) atoms. The minimum atomic E-state index is -0.0875. The maximum atomic E-state index is 12.3. The van der Waals surface area contributed by atoms with Gasteiger partial charge in [-0.3, -0.25) is 9.78 Å². The summed E-state index contributed by atoms with van der Waals surface area (Å²) in [6.07, 6.45) is 6.78. The lowest BCUT2D eigenvalue weighted by atomic mass is 9.98. The van der Waals surface area contributed by atoms with Gasteiger partial charge in [-0.05, 0) is 23.6 Å². The first-order valence-electron chi connectivity index (χ1n) is 7.43. The van der Waals surface area contributed by atoms with Crippen LogP contribution in [0.3, 0.4) is 0 Å². The van der Waals surface area contributed by atoms with E-state index in [9.17, 15) is 4.79 Å². The number of nitrogens with zero attached hydrogens (tertiary/aromatic N) is 2. The van der Waals surface area contributed by atoms with Crippen LogP contribution in [0.2, 0.25) is 0 Å². The van der Waals surface area contributed by atoms with Gasteiger partial charge in [0.2, 0.25) is 0 Å². The summed E-state index contributed by atoms with van der Waals surface area (Å²) in [5, 5.41) is 1.38. The van der Waals surface area contributed by atoms with Crippen LogP contribution >= 0.6 is 0 Å².